The molecule has 2 N–H and O–H groups in total. The lowest BCUT2D eigenvalue weighted by molar-refractivity contribution is 0.188. The third kappa shape index (κ3) is 3.09. The van der Waals surface area contributed by atoms with E-state index in [1.165, 1.54) is 19.4 Å². The van der Waals surface area contributed by atoms with Crippen LogP contribution in [0.4, 0.5) is 0 Å². The molecule has 0 unspecified atom stereocenters. The molecule has 1 heterocycles. The van der Waals surface area contributed by atoms with Gasteiger partial charge in [0.2, 0.25) is 0 Å². The summed E-state index contributed by atoms with van der Waals surface area (Å²) in [6.45, 7) is 7.17. The molecule has 16 heavy (non-hydrogen) atoms. The minimum atomic E-state index is 0.563. The third-order valence-corrected chi connectivity index (χ3v) is 3.22. The Morgan fingerprint density at radius 2 is 2.25 bits per heavy atom. The zero-order chi connectivity index (χ0) is 11.5. The average molecular weight is 222 g/mol. The van der Waals surface area contributed by atoms with Crippen LogP contribution in [0.25, 0.3) is 0 Å². The molecule has 0 aromatic carbocycles. The van der Waals surface area contributed by atoms with Gasteiger partial charge in [0.1, 0.15) is 5.76 Å². The van der Waals surface area contributed by atoms with E-state index >= 15 is 0 Å². The molecule has 3 heteroatoms. The minimum absolute atomic E-state index is 0.563. The van der Waals surface area contributed by atoms with Crippen molar-refractivity contribution in [1.29, 1.82) is 0 Å². The van der Waals surface area contributed by atoms with Crippen LogP contribution in [0.15, 0.2) is 16.7 Å². The summed E-state index contributed by atoms with van der Waals surface area (Å²) in [5.41, 5.74) is 6.66. The SMILES string of the molecule is CC(C)N(Cc1cc(CN)co1)CC1CC1. The van der Waals surface area contributed by atoms with E-state index in [2.05, 4.69) is 24.8 Å². The molecule has 0 spiro atoms. The van der Waals surface area contributed by atoms with E-state index < -0.39 is 0 Å². The smallest absolute Gasteiger partial charge is 0.118 e. The highest BCUT2D eigenvalue weighted by molar-refractivity contribution is 5.12. The van der Waals surface area contributed by atoms with Gasteiger partial charge in [-0.05, 0) is 38.7 Å². The highest BCUT2D eigenvalue weighted by Gasteiger charge is 2.25. The Labute approximate surface area is 97.6 Å². The summed E-state index contributed by atoms with van der Waals surface area (Å²) in [7, 11) is 0. The summed E-state index contributed by atoms with van der Waals surface area (Å²) >= 11 is 0. The lowest BCUT2D eigenvalue weighted by atomic mass is 10.2. The number of hydrogen-bond donors (Lipinski definition) is 1. The standard InChI is InChI=1S/C13H22N2O/c1-10(2)15(7-11-3-4-11)8-13-5-12(6-14)9-16-13/h5,9-11H,3-4,6-8,14H2,1-2H3. The largest absolute Gasteiger partial charge is 0.468 e. The van der Waals surface area contributed by atoms with Gasteiger partial charge in [0.05, 0.1) is 12.8 Å². The lowest BCUT2D eigenvalue weighted by Gasteiger charge is -2.25. The zero-order valence-electron chi connectivity index (χ0n) is 10.3. The molecule has 3 nitrogen and oxygen atoms in total. The molecule has 90 valence electrons. The Hall–Kier alpha value is -0.800. The first-order chi connectivity index (χ1) is 7.69. The second-order valence-electron chi connectivity index (χ2n) is 5.09. The first kappa shape index (κ1) is 11.7. The van der Waals surface area contributed by atoms with Gasteiger partial charge in [-0.15, -0.1) is 0 Å². The second-order valence-corrected chi connectivity index (χ2v) is 5.09. The fourth-order valence-corrected chi connectivity index (χ4v) is 1.91. The van der Waals surface area contributed by atoms with Gasteiger partial charge in [-0.1, -0.05) is 0 Å². The van der Waals surface area contributed by atoms with E-state index in [0.717, 1.165) is 23.8 Å². The number of nitrogens with two attached hydrogens (primary N) is 1. The number of nitrogens with zero attached hydrogens (tertiary/aromatic N) is 1. The van der Waals surface area contributed by atoms with Crippen LogP contribution in [0.3, 0.4) is 0 Å². The molecule has 2 rings (SSSR count). The van der Waals surface area contributed by atoms with E-state index in [-0.39, 0.29) is 0 Å². The van der Waals surface area contributed by atoms with Crippen LogP contribution in [0.2, 0.25) is 0 Å². The van der Waals surface area contributed by atoms with E-state index in [4.69, 9.17) is 10.2 Å². The van der Waals surface area contributed by atoms with Gasteiger partial charge in [0.15, 0.2) is 0 Å². The van der Waals surface area contributed by atoms with Crippen LogP contribution in [0, 0.1) is 5.92 Å². The fraction of sp³-hybridized carbons (Fsp3) is 0.692. The highest BCUT2D eigenvalue weighted by Crippen LogP contribution is 2.30. The molecule has 0 amide bonds. The third-order valence-electron chi connectivity index (χ3n) is 3.22. The fourth-order valence-electron chi connectivity index (χ4n) is 1.91. The number of hydrogen-bond acceptors (Lipinski definition) is 3. The van der Waals surface area contributed by atoms with Gasteiger partial charge in [-0.25, -0.2) is 0 Å². The maximum atomic E-state index is 5.57. The van der Waals surface area contributed by atoms with Crippen LogP contribution < -0.4 is 5.73 Å². The van der Waals surface area contributed by atoms with E-state index in [9.17, 15) is 0 Å². The van der Waals surface area contributed by atoms with Crippen LogP contribution >= 0.6 is 0 Å². The van der Waals surface area contributed by atoms with E-state index in [0.29, 0.717) is 12.6 Å². The van der Waals surface area contributed by atoms with Gasteiger partial charge < -0.3 is 10.2 Å². The van der Waals surface area contributed by atoms with Gasteiger partial charge in [-0.3, -0.25) is 4.90 Å². The second kappa shape index (κ2) is 5.02. The maximum Gasteiger partial charge on any atom is 0.118 e. The highest BCUT2D eigenvalue weighted by atomic mass is 16.3. The summed E-state index contributed by atoms with van der Waals surface area (Å²) < 4.78 is 5.52. The summed E-state index contributed by atoms with van der Waals surface area (Å²) in [5.74, 6) is 1.96. The molecule has 1 fully saturated rings. The van der Waals surface area contributed by atoms with Gasteiger partial charge >= 0.3 is 0 Å². The Balaban J connectivity index is 1.92. The molecule has 0 atom stereocenters. The summed E-state index contributed by atoms with van der Waals surface area (Å²) in [6, 6.07) is 2.65. The molecule has 1 aromatic rings. The Morgan fingerprint density at radius 1 is 1.50 bits per heavy atom. The van der Waals surface area contributed by atoms with E-state index in [1.807, 2.05) is 0 Å². The van der Waals surface area contributed by atoms with Crippen molar-refractivity contribution >= 4 is 0 Å². The molecule has 0 radical (unpaired) electrons. The molecular formula is C13H22N2O. The average Bonchev–Trinajstić information content (AvgIpc) is 2.95. The molecule has 1 aliphatic rings. The van der Waals surface area contributed by atoms with Crippen molar-refractivity contribution in [3.05, 3.63) is 23.7 Å². The monoisotopic (exact) mass is 222 g/mol. The van der Waals surface area contributed by atoms with Crippen molar-refractivity contribution < 1.29 is 4.42 Å². The normalized spacial score (nSPS) is 16.3. The van der Waals surface area contributed by atoms with Crippen molar-refractivity contribution in [2.45, 2.75) is 45.8 Å². The molecule has 0 aliphatic heterocycles. The first-order valence-electron chi connectivity index (χ1n) is 6.19. The maximum absolute atomic E-state index is 5.57. The van der Waals surface area contributed by atoms with Crippen LogP contribution in [0.5, 0.6) is 0 Å². The molecule has 0 saturated heterocycles. The number of rotatable bonds is 6. The van der Waals surface area contributed by atoms with Crippen LogP contribution in [-0.2, 0) is 13.1 Å². The Kier molecular flexibility index (Phi) is 3.66. The quantitative estimate of drug-likeness (QED) is 0.803. The molecular weight excluding hydrogens is 200 g/mol. The van der Waals surface area contributed by atoms with Gasteiger partial charge in [0.25, 0.3) is 0 Å². The van der Waals surface area contributed by atoms with Crippen molar-refractivity contribution in [2.24, 2.45) is 11.7 Å². The molecule has 1 aliphatic carbocycles. The summed E-state index contributed by atoms with van der Waals surface area (Å²) in [6.07, 6.45) is 4.57. The van der Waals surface area contributed by atoms with E-state index in [1.54, 1.807) is 6.26 Å². The predicted molar refractivity (Wildman–Crippen MR) is 64.9 cm³/mol. The zero-order valence-corrected chi connectivity index (χ0v) is 10.3. The van der Waals surface area contributed by atoms with Crippen molar-refractivity contribution in [1.82, 2.24) is 4.90 Å². The van der Waals surface area contributed by atoms with Crippen molar-refractivity contribution in [2.75, 3.05) is 6.54 Å². The molecule has 1 saturated carbocycles. The Bertz CT molecular complexity index is 328. The Morgan fingerprint density at radius 3 is 2.75 bits per heavy atom. The topological polar surface area (TPSA) is 42.4 Å². The van der Waals surface area contributed by atoms with Crippen LogP contribution in [-0.4, -0.2) is 17.5 Å². The summed E-state index contributed by atoms with van der Waals surface area (Å²) in [4.78, 5) is 2.48. The molecule has 0 bridgehead atoms. The van der Waals surface area contributed by atoms with Crippen LogP contribution in [0.1, 0.15) is 38.0 Å². The van der Waals surface area contributed by atoms with Crippen molar-refractivity contribution in [3.63, 3.8) is 0 Å². The number of furan rings is 1. The predicted octanol–water partition coefficient (Wildman–Crippen LogP) is 2.36. The first-order valence-corrected chi connectivity index (χ1v) is 6.19. The van der Waals surface area contributed by atoms with Crippen molar-refractivity contribution in [3.8, 4) is 0 Å². The summed E-state index contributed by atoms with van der Waals surface area (Å²) in [5, 5.41) is 0. The van der Waals surface area contributed by atoms with Gasteiger partial charge in [0, 0.05) is 24.7 Å². The lowest BCUT2D eigenvalue weighted by Crippen LogP contribution is -2.32. The minimum Gasteiger partial charge on any atom is -0.468 e. The molecule has 1 aromatic heterocycles. The van der Waals surface area contributed by atoms with Gasteiger partial charge in [-0.2, -0.15) is 0 Å².